The molecule has 1 aliphatic rings. The molecule has 122 valence electrons. The number of hydrogen-bond acceptors (Lipinski definition) is 4. The summed E-state index contributed by atoms with van der Waals surface area (Å²) in [5.74, 6) is 0. The van der Waals surface area contributed by atoms with Gasteiger partial charge in [-0.15, -0.1) is 0 Å². The zero-order chi connectivity index (χ0) is 16.7. The summed E-state index contributed by atoms with van der Waals surface area (Å²) < 4.78 is 50.6. The van der Waals surface area contributed by atoms with Gasteiger partial charge < -0.3 is 0 Å². The number of aryl methyl sites for hydroxylation is 1. The van der Waals surface area contributed by atoms with Crippen LogP contribution in [0, 0.1) is 0 Å². The zero-order valence-electron chi connectivity index (χ0n) is 12.6. The fourth-order valence-corrected chi connectivity index (χ4v) is 5.07. The van der Waals surface area contributed by atoms with Gasteiger partial charge >= 0.3 is 0 Å². The van der Waals surface area contributed by atoms with Gasteiger partial charge in [-0.2, -0.15) is 0 Å². The maximum absolute atomic E-state index is 13.0. The Bertz CT molecular complexity index is 950. The monoisotopic (exact) mass is 351 g/mol. The second-order valence-corrected chi connectivity index (χ2v) is 9.43. The molecular formula is C16H17NO4S2. The first-order valence-corrected chi connectivity index (χ1v) is 10.5. The molecule has 3 rings (SSSR count). The molecule has 0 fully saturated rings. The van der Waals surface area contributed by atoms with Crippen LogP contribution in [0.5, 0.6) is 0 Å². The first kappa shape index (κ1) is 16.0. The zero-order valence-corrected chi connectivity index (χ0v) is 14.3. The minimum absolute atomic E-state index is 0.00266. The highest BCUT2D eigenvalue weighted by molar-refractivity contribution is 7.93. The molecule has 0 radical (unpaired) electrons. The second-order valence-electron chi connectivity index (χ2n) is 5.56. The third-order valence-corrected chi connectivity index (χ3v) is 6.81. The van der Waals surface area contributed by atoms with E-state index in [0.717, 1.165) is 24.7 Å². The van der Waals surface area contributed by atoms with Crippen LogP contribution >= 0.6 is 0 Å². The summed E-state index contributed by atoms with van der Waals surface area (Å²) in [5, 5.41) is 0. The maximum atomic E-state index is 13.0. The number of para-hydroxylation sites is 1. The van der Waals surface area contributed by atoms with Crippen molar-refractivity contribution in [2.24, 2.45) is 0 Å². The van der Waals surface area contributed by atoms with Crippen molar-refractivity contribution in [3.8, 4) is 0 Å². The number of fused-ring (bicyclic) bond motifs is 1. The molecule has 1 heterocycles. The van der Waals surface area contributed by atoms with Crippen molar-refractivity contribution in [2.45, 2.75) is 22.6 Å². The Morgan fingerprint density at radius 3 is 2.35 bits per heavy atom. The molecule has 0 saturated carbocycles. The normalized spacial score (nSPS) is 15.3. The Kier molecular flexibility index (Phi) is 3.93. The molecule has 0 spiro atoms. The number of benzene rings is 2. The van der Waals surface area contributed by atoms with E-state index in [1.807, 2.05) is 12.1 Å². The molecule has 0 atom stereocenters. The van der Waals surface area contributed by atoms with Gasteiger partial charge in [0.25, 0.3) is 10.0 Å². The van der Waals surface area contributed by atoms with E-state index in [9.17, 15) is 16.8 Å². The van der Waals surface area contributed by atoms with Crippen molar-refractivity contribution in [3.05, 3.63) is 54.1 Å². The first-order valence-electron chi connectivity index (χ1n) is 7.21. The van der Waals surface area contributed by atoms with E-state index in [0.29, 0.717) is 12.2 Å². The van der Waals surface area contributed by atoms with Gasteiger partial charge in [0.15, 0.2) is 9.84 Å². The van der Waals surface area contributed by atoms with Crippen LogP contribution in [0.4, 0.5) is 5.69 Å². The molecular weight excluding hydrogens is 334 g/mol. The van der Waals surface area contributed by atoms with Crippen LogP contribution in [-0.2, 0) is 26.3 Å². The van der Waals surface area contributed by atoms with E-state index in [4.69, 9.17) is 0 Å². The highest BCUT2D eigenvalue weighted by atomic mass is 32.2. The molecule has 0 saturated heterocycles. The molecule has 0 amide bonds. The van der Waals surface area contributed by atoms with Crippen molar-refractivity contribution in [3.63, 3.8) is 0 Å². The molecule has 0 unspecified atom stereocenters. The molecule has 2 aromatic rings. The summed E-state index contributed by atoms with van der Waals surface area (Å²) in [6, 6.07) is 12.9. The second kappa shape index (κ2) is 5.65. The van der Waals surface area contributed by atoms with Crippen LogP contribution < -0.4 is 4.31 Å². The quantitative estimate of drug-likeness (QED) is 0.850. The van der Waals surface area contributed by atoms with Gasteiger partial charge in [0, 0.05) is 12.8 Å². The summed E-state index contributed by atoms with van der Waals surface area (Å²) in [7, 11) is -7.25. The van der Waals surface area contributed by atoms with E-state index in [1.165, 1.54) is 28.6 Å². The Morgan fingerprint density at radius 1 is 0.913 bits per heavy atom. The standard InChI is InChI=1S/C16H17NO4S2/c1-22(18,19)14-8-4-9-15(12-14)23(20,21)17-11-5-7-13-6-2-3-10-16(13)17/h2-4,6,8-10,12H,5,7,11H2,1H3. The predicted octanol–water partition coefficient (Wildman–Crippen LogP) is 2.23. The number of sulfonamides is 1. The van der Waals surface area contributed by atoms with Crippen LogP contribution in [0.3, 0.4) is 0 Å². The van der Waals surface area contributed by atoms with Gasteiger partial charge in [0.1, 0.15) is 0 Å². The van der Waals surface area contributed by atoms with Crippen LogP contribution in [0.1, 0.15) is 12.0 Å². The number of sulfone groups is 1. The fourth-order valence-electron chi connectivity index (χ4n) is 2.74. The van der Waals surface area contributed by atoms with Crippen molar-refractivity contribution in [1.82, 2.24) is 0 Å². The third kappa shape index (κ3) is 2.98. The molecule has 0 N–H and O–H groups in total. The van der Waals surface area contributed by atoms with Crippen molar-refractivity contribution < 1.29 is 16.8 Å². The highest BCUT2D eigenvalue weighted by Crippen LogP contribution is 2.32. The van der Waals surface area contributed by atoms with E-state index in [1.54, 1.807) is 12.1 Å². The smallest absolute Gasteiger partial charge is 0.264 e. The lowest BCUT2D eigenvalue weighted by molar-refractivity contribution is 0.586. The molecule has 2 aromatic carbocycles. The van der Waals surface area contributed by atoms with E-state index in [2.05, 4.69) is 0 Å². The largest absolute Gasteiger partial charge is 0.266 e. The SMILES string of the molecule is CS(=O)(=O)c1cccc(S(=O)(=O)N2CCCc3ccccc32)c1. The van der Waals surface area contributed by atoms with Gasteiger partial charge in [-0.05, 0) is 42.7 Å². The summed E-state index contributed by atoms with van der Waals surface area (Å²) in [4.78, 5) is 0.000924. The number of hydrogen-bond donors (Lipinski definition) is 0. The van der Waals surface area contributed by atoms with Crippen molar-refractivity contribution in [1.29, 1.82) is 0 Å². The Morgan fingerprint density at radius 2 is 1.61 bits per heavy atom. The minimum Gasteiger partial charge on any atom is -0.266 e. The number of anilines is 1. The average Bonchev–Trinajstić information content (AvgIpc) is 2.53. The van der Waals surface area contributed by atoms with Gasteiger partial charge in [0.05, 0.1) is 15.5 Å². The van der Waals surface area contributed by atoms with E-state index < -0.39 is 19.9 Å². The van der Waals surface area contributed by atoms with Gasteiger partial charge in [-0.25, -0.2) is 16.8 Å². The molecule has 23 heavy (non-hydrogen) atoms. The van der Waals surface area contributed by atoms with Crippen LogP contribution in [-0.4, -0.2) is 29.6 Å². The molecule has 1 aliphatic heterocycles. The average molecular weight is 351 g/mol. The Labute approximate surface area is 136 Å². The van der Waals surface area contributed by atoms with Crippen LogP contribution in [0.2, 0.25) is 0 Å². The molecule has 0 aliphatic carbocycles. The third-order valence-electron chi connectivity index (χ3n) is 3.89. The lowest BCUT2D eigenvalue weighted by Gasteiger charge is -2.30. The van der Waals surface area contributed by atoms with Crippen LogP contribution in [0.15, 0.2) is 58.3 Å². The molecule has 5 nitrogen and oxygen atoms in total. The summed E-state index contributed by atoms with van der Waals surface area (Å²) >= 11 is 0. The topological polar surface area (TPSA) is 71.5 Å². The van der Waals surface area contributed by atoms with Gasteiger partial charge in [-0.3, -0.25) is 4.31 Å². The summed E-state index contributed by atoms with van der Waals surface area (Å²) in [5.41, 5.74) is 1.66. The molecule has 0 aromatic heterocycles. The van der Waals surface area contributed by atoms with Crippen molar-refractivity contribution in [2.75, 3.05) is 17.1 Å². The van der Waals surface area contributed by atoms with Crippen molar-refractivity contribution >= 4 is 25.5 Å². The molecule has 0 bridgehead atoms. The summed E-state index contributed by atoms with van der Waals surface area (Å²) in [6.07, 6.45) is 2.64. The van der Waals surface area contributed by atoms with Crippen LogP contribution in [0.25, 0.3) is 0 Å². The Hall–Kier alpha value is -1.86. The Balaban J connectivity index is 2.11. The van der Waals surface area contributed by atoms with Gasteiger partial charge in [0.2, 0.25) is 0 Å². The summed E-state index contributed by atoms with van der Waals surface area (Å²) in [6.45, 7) is 0.391. The van der Waals surface area contributed by atoms with E-state index >= 15 is 0 Å². The lowest BCUT2D eigenvalue weighted by Crippen LogP contribution is -2.35. The highest BCUT2D eigenvalue weighted by Gasteiger charge is 2.29. The molecule has 7 heteroatoms. The van der Waals surface area contributed by atoms with E-state index in [-0.39, 0.29) is 9.79 Å². The maximum Gasteiger partial charge on any atom is 0.264 e. The predicted molar refractivity (Wildman–Crippen MR) is 88.8 cm³/mol. The minimum atomic E-state index is -3.79. The fraction of sp³-hybridized carbons (Fsp3) is 0.250. The first-order chi connectivity index (χ1) is 10.8. The van der Waals surface area contributed by atoms with Gasteiger partial charge in [-0.1, -0.05) is 24.3 Å². The number of nitrogens with zero attached hydrogens (tertiary/aromatic N) is 1. The number of rotatable bonds is 3. The lowest BCUT2D eigenvalue weighted by atomic mass is 10.0.